The van der Waals surface area contributed by atoms with Gasteiger partial charge in [-0.2, -0.15) is 0 Å². The zero-order chi connectivity index (χ0) is 10.4. The minimum Gasteiger partial charge on any atom is -0.307 e. The predicted molar refractivity (Wildman–Crippen MR) is 62.3 cm³/mol. The quantitative estimate of drug-likeness (QED) is 0.721. The third kappa shape index (κ3) is 1.48. The van der Waals surface area contributed by atoms with Crippen molar-refractivity contribution in [2.75, 3.05) is 20.1 Å². The maximum atomic E-state index is 6.05. The van der Waals surface area contributed by atoms with Crippen molar-refractivity contribution < 1.29 is 0 Å². The molecule has 0 saturated carbocycles. The Morgan fingerprint density at radius 3 is 3.20 bits per heavy atom. The Morgan fingerprint density at radius 2 is 2.33 bits per heavy atom. The molecule has 0 radical (unpaired) electrons. The summed E-state index contributed by atoms with van der Waals surface area (Å²) in [7, 11) is 2.21. The van der Waals surface area contributed by atoms with Crippen molar-refractivity contribution in [3.63, 3.8) is 0 Å². The highest BCUT2D eigenvalue weighted by Gasteiger charge is 2.36. The van der Waals surface area contributed by atoms with E-state index in [1.54, 1.807) is 0 Å². The molecule has 2 atom stereocenters. The van der Waals surface area contributed by atoms with E-state index >= 15 is 0 Å². The van der Waals surface area contributed by atoms with E-state index in [9.17, 15) is 0 Å². The molecule has 1 aromatic carbocycles. The lowest BCUT2D eigenvalue weighted by Gasteiger charge is -2.35. The molecule has 1 aromatic rings. The molecule has 0 aromatic heterocycles. The Bertz CT molecular complexity index is 391. The number of benzene rings is 1. The van der Waals surface area contributed by atoms with Crippen LogP contribution in [0.3, 0.4) is 0 Å². The number of hydrogen-bond acceptors (Lipinski definition) is 2. The molecule has 15 heavy (non-hydrogen) atoms. The zero-order valence-corrected chi connectivity index (χ0v) is 9.59. The highest BCUT2D eigenvalue weighted by Crippen LogP contribution is 2.36. The largest absolute Gasteiger partial charge is 0.307 e. The first-order valence-corrected chi connectivity index (χ1v) is 5.85. The van der Waals surface area contributed by atoms with Crippen molar-refractivity contribution in [2.45, 2.75) is 18.5 Å². The molecule has 3 rings (SSSR count). The van der Waals surface area contributed by atoms with E-state index in [0.717, 1.165) is 24.5 Å². The number of nitrogens with one attached hydrogen (secondary N) is 1. The van der Waals surface area contributed by atoms with Crippen LogP contribution in [0.2, 0.25) is 5.02 Å². The second-order valence-corrected chi connectivity index (χ2v) is 4.96. The van der Waals surface area contributed by atoms with Gasteiger partial charge in [-0.05, 0) is 36.7 Å². The average molecular weight is 223 g/mol. The summed E-state index contributed by atoms with van der Waals surface area (Å²) >= 11 is 6.05. The lowest BCUT2D eigenvalue weighted by Crippen LogP contribution is -2.49. The molecule has 1 aliphatic carbocycles. The summed E-state index contributed by atoms with van der Waals surface area (Å²) in [6, 6.07) is 7.39. The van der Waals surface area contributed by atoms with Crippen LogP contribution in [0.25, 0.3) is 0 Å². The predicted octanol–water partition coefficient (Wildman–Crippen LogP) is 1.84. The Kier molecular flexibility index (Phi) is 2.23. The molecule has 1 heterocycles. The van der Waals surface area contributed by atoms with Gasteiger partial charge in [0.25, 0.3) is 0 Å². The summed E-state index contributed by atoms with van der Waals surface area (Å²) in [6.45, 7) is 2.21. The third-order valence-electron chi connectivity index (χ3n) is 3.65. The van der Waals surface area contributed by atoms with Crippen LogP contribution >= 0.6 is 11.6 Å². The van der Waals surface area contributed by atoms with Crippen LogP contribution in [0.5, 0.6) is 0 Å². The summed E-state index contributed by atoms with van der Waals surface area (Å²) in [4.78, 5) is 2.45. The second-order valence-electron chi connectivity index (χ2n) is 4.53. The molecule has 80 valence electrons. The lowest BCUT2D eigenvalue weighted by molar-refractivity contribution is 0.163. The van der Waals surface area contributed by atoms with Crippen molar-refractivity contribution in [1.82, 2.24) is 10.2 Å². The Labute approximate surface area is 95.2 Å². The number of likely N-dealkylation sites (N-methyl/N-ethyl adjacent to an activating group) is 1. The molecule has 0 spiro atoms. The fourth-order valence-electron chi connectivity index (χ4n) is 2.81. The first-order chi connectivity index (χ1) is 7.25. The van der Waals surface area contributed by atoms with Gasteiger partial charge in [-0.15, -0.1) is 0 Å². The average Bonchev–Trinajstić information content (AvgIpc) is 2.58. The number of piperazine rings is 1. The van der Waals surface area contributed by atoms with Crippen LogP contribution in [-0.4, -0.2) is 31.1 Å². The summed E-state index contributed by atoms with van der Waals surface area (Å²) in [6.07, 6.45) is 1.15. The summed E-state index contributed by atoms with van der Waals surface area (Å²) in [5, 5.41) is 4.45. The summed E-state index contributed by atoms with van der Waals surface area (Å²) < 4.78 is 0. The molecule has 1 N–H and O–H groups in total. The Hall–Kier alpha value is -0.570. The van der Waals surface area contributed by atoms with Crippen LogP contribution in [0, 0.1) is 0 Å². The topological polar surface area (TPSA) is 15.3 Å². The van der Waals surface area contributed by atoms with Gasteiger partial charge >= 0.3 is 0 Å². The standard InChI is InChI=1S/C12H15ClN2/c1-15-5-4-14-12-10-7-9(13)3-2-8(10)6-11(12)15/h2-3,7,11-12,14H,4-6H2,1H3. The number of hydrogen-bond donors (Lipinski definition) is 1. The van der Waals surface area contributed by atoms with E-state index in [1.807, 2.05) is 6.07 Å². The number of halogens is 1. The molecule has 2 unspecified atom stereocenters. The third-order valence-corrected chi connectivity index (χ3v) is 3.89. The normalized spacial score (nSPS) is 30.0. The minimum absolute atomic E-state index is 0.484. The van der Waals surface area contributed by atoms with Gasteiger partial charge in [0.2, 0.25) is 0 Å². The van der Waals surface area contributed by atoms with Crippen molar-refractivity contribution in [3.05, 3.63) is 34.3 Å². The lowest BCUT2D eigenvalue weighted by atomic mass is 10.0. The number of fused-ring (bicyclic) bond motifs is 3. The van der Waals surface area contributed by atoms with Crippen molar-refractivity contribution in [2.24, 2.45) is 0 Å². The number of nitrogens with zero attached hydrogens (tertiary/aromatic N) is 1. The van der Waals surface area contributed by atoms with Gasteiger partial charge in [0.05, 0.1) is 0 Å². The smallest absolute Gasteiger partial charge is 0.0485 e. The molecule has 2 aliphatic rings. The van der Waals surface area contributed by atoms with E-state index in [-0.39, 0.29) is 0 Å². The second kappa shape index (κ2) is 3.48. The molecule has 3 heteroatoms. The van der Waals surface area contributed by atoms with Crippen LogP contribution in [0.1, 0.15) is 17.2 Å². The molecule has 0 bridgehead atoms. The maximum Gasteiger partial charge on any atom is 0.0485 e. The van der Waals surface area contributed by atoms with E-state index in [2.05, 4.69) is 29.4 Å². The van der Waals surface area contributed by atoms with Crippen LogP contribution in [0.15, 0.2) is 18.2 Å². The zero-order valence-electron chi connectivity index (χ0n) is 8.83. The fraction of sp³-hybridized carbons (Fsp3) is 0.500. The summed E-state index contributed by atoms with van der Waals surface area (Å²) in [5.41, 5.74) is 2.86. The molecular formula is C12H15ClN2. The van der Waals surface area contributed by atoms with Crippen LogP contribution in [-0.2, 0) is 6.42 Å². The number of rotatable bonds is 0. The van der Waals surface area contributed by atoms with E-state index in [1.165, 1.54) is 11.1 Å². The van der Waals surface area contributed by atoms with E-state index in [4.69, 9.17) is 11.6 Å². The van der Waals surface area contributed by atoms with E-state index in [0.29, 0.717) is 12.1 Å². The molecule has 1 fully saturated rings. The van der Waals surface area contributed by atoms with Crippen molar-refractivity contribution >= 4 is 11.6 Å². The van der Waals surface area contributed by atoms with Gasteiger partial charge in [-0.3, -0.25) is 4.90 Å². The first-order valence-electron chi connectivity index (χ1n) is 5.47. The molecule has 2 nitrogen and oxygen atoms in total. The van der Waals surface area contributed by atoms with E-state index < -0.39 is 0 Å². The highest BCUT2D eigenvalue weighted by atomic mass is 35.5. The molecular weight excluding hydrogens is 208 g/mol. The molecule has 1 saturated heterocycles. The van der Waals surface area contributed by atoms with Gasteiger partial charge in [-0.25, -0.2) is 0 Å². The fourth-order valence-corrected chi connectivity index (χ4v) is 2.99. The monoisotopic (exact) mass is 222 g/mol. The maximum absolute atomic E-state index is 6.05. The van der Waals surface area contributed by atoms with Gasteiger partial charge in [0.15, 0.2) is 0 Å². The molecule has 1 aliphatic heterocycles. The first kappa shape index (κ1) is 9.64. The van der Waals surface area contributed by atoms with Gasteiger partial charge < -0.3 is 5.32 Å². The minimum atomic E-state index is 0.484. The Balaban J connectivity index is 2.01. The van der Waals surface area contributed by atoms with Crippen molar-refractivity contribution in [3.8, 4) is 0 Å². The SMILES string of the molecule is CN1CCNC2c3cc(Cl)ccc3CC21. The van der Waals surface area contributed by atoms with Crippen molar-refractivity contribution in [1.29, 1.82) is 0 Å². The Morgan fingerprint density at radius 1 is 1.47 bits per heavy atom. The van der Waals surface area contributed by atoms with Crippen LogP contribution < -0.4 is 5.32 Å². The van der Waals surface area contributed by atoms with Gasteiger partial charge in [0.1, 0.15) is 0 Å². The molecule has 0 amide bonds. The van der Waals surface area contributed by atoms with Gasteiger partial charge in [0, 0.05) is 30.2 Å². The summed E-state index contributed by atoms with van der Waals surface area (Å²) in [5.74, 6) is 0. The van der Waals surface area contributed by atoms with Crippen LogP contribution in [0.4, 0.5) is 0 Å². The highest BCUT2D eigenvalue weighted by molar-refractivity contribution is 6.30. The van der Waals surface area contributed by atoms with Gasteiger partial charge in [-0.1, -0.05) is 17.7 Å².